The van der Waals surface area contributed by atoms with Gasteiger partial charge in [0, 0.05) is 37.9 Å². The minimum Gasteiger partial charge on any atom is -0.365 e. The lowest BCUT2D eigenvalue weighted by Crippen LogP contribution is -2.47. The van der Waals surface area contributed by atoms with Gasteiger partial charge in [-0.2, -0.15) is 19.7 Å². The Morgan fingerprint density at radius 2 is 1.96 bits per heavy atom. The molecule has 124 valence electrons. The van der Waals surface area contributed by atoms with E-state index in [0.29, 0.717) is 11.5 Å². The van der Waals surface area contributed by atoms with E-state index in [0.717, 1.165) is 37.7 Å². The Labute approximate surface area is 141 Å². The summed E-state index contributed by atoms with van der Waals surface area (Å²) >= 11 is 6.09. The molecule has 24 heavy (non-hydrogen) atoms. The van der Waals surface area contributed by atoms with Gasteiger partial charge < -0.3 is 9.80 Å². The molecule has 0 spiro atoms. The van der Waals surface area contributed by atoms with Gasteiger partial charge in [-0.3, -0.25) is 4.79 Å². The summed E-state index contributed by atoms with van der Waals surface area (Å²) < 4.78 is 1.74. The zero-order valence-corrected chi connectivity index (χ0v) is 13.7. The lowest BCUT2D eigenvalue weighted by molar-refractivity contribution is 0.636. The van der Waals surface area contributed by atoms with E-state index >= 15 is 0 Å². The number of halogens is 1. The molecule has 0 bridgehead atoms. The average molecular weight is 347 g/mol. The second-order valence-electron chi connectivity index (χ2n) is 5.60. The quantitative estimate of drug-likeness (QED) is 0.721. The van der Waals surface area contributed by atoms with Crippen LogP contribution in [0.25, 0.3) is 5.78 Å². The standard InChI is InChI=1S/C14H15ClN8O/c1-9-6-11(23-14(19-9)16-8-18-23)22-4-2-21(3-5-22)10-7-17-20-13(24)12(10)15/h6-8H,2-5H2,1H3,(H,20,24). The molecule has 10 heteroatoms. The molecule has 1 saturated heterocycles. The second-order valence-corrected chi connectivity index (χ2v) is 5.98. The van der Waals surface area contributed by atoms with E-state index in [1.54, 1.807) is 10.7 Å². The van der Waals surface area contributed by atoms with Crippen LogP contribution in [0.4, 0.5) is 11.5 Å². The van der Waals surface area contributed by atoms with Crippen molar-refractivity contribution in [2.45, 2.75) is 6.92 Å². The Morgan fingerprint density at radius 3 is 2.75 bits per heavy atom. The fourth-order valence-electron chi connectivity index (χ4n) is 2.91. The van der Waals surface area contributed by atoms with E-state index < -0.39 is 0 Å². The number of nitrogens with zero attached hydrogens (tertiary/aromatic N) is 7. The van der Waals surface area contributed by atoms with Crippen LogP contribution in [-0.2, 0) is 0 Å². The number of fused-ring (bicyclic) bond motifs is 1. The average Bonchev–Trinajstić information content (AvgIpc) is 3.05. The van der Waals surface area contributed by atoms with Gasteiger partial charge in [0.1, 0.15) is 17.2 Å². The number of aromatic amines is 1. The van der Waals surface area contributed by atoms with E-state index in [9.17, 15) is 4.79 Å². The van der Waals surface area contributed by atoms with Crippen LogP contribution in [0.3, 0.4) is 0 Å². The molecule has 1 N–H and O–H groups in total. The van der Waals surface area contributed by atoms with Gasteiger partial charge in [0.15, 0.2) is 0 Å². The van der Waals surface area contributed by atoms with Crippen LogP contribution in [0, 0.1) is 6.92 Å². The first-order valence-electron chi connectivity index (χ1n) is 7.54. The van der Waals surface area contributed by atoms with Crippen LogP contribution in [0.5, 0.6) is 0 Å². The molecule has 0 aromatic carbocycles. The number of piperazine rings is 1. The van der Waals surface area contributed by atoms with Gasteiger partial charge in [-0.25, -0.2) is 10.1 Å². The number of nitrogens with one attached hydrogen (secondary N) is 1. The van der Waals surface area contributed by atoms with Crippen LogP contribution >= 0.6 is 11.6 Å². The molecule has 0 amide bonds. The Hall–Kier alpha value is -2.68. The summed E-state index contributed by atoms with van der Waals surface area (Å²) in [6, 6.07) is 2.00. The zero-order valence-electron chi connectivity index (χ0n) is 13.0. The summed E-state index contributed by atoms with van der Waals surface area (Å²) in [5.41, 5.74) is 1.19. The number of hydrogen-bond acceptors (Lipinski definition) is 7. The number of rotatable bonds is 2. The smallest absolute Gasteiger partial charge is 0.285 e. The maximum Gasteiger partial charge on any atom is 0.285 e. The normalized spacial score (nSPS) is 15.2. The van der Waals surface area contributed by atoms with Crippen molar-refractivity contribution < 1.29 is 0 Å². The number of anilines is 2. The first-order chi connectivity index (χ1) is 11.6. The van der Waals surface area contributed by atoms with Gasteiger partial charge in [0.05, 0.1) is 11.9 Å². The predicted molar refractivity (Wildman–Crippen MR) is 89.8 cm³/mol. The number of hydrogen-bond donors (Lipinski definition) is 1. The lowest BCUT2D eigenvalue weighted by Gasteiger charge is -2.37. The van der Waals surface area contributed by atoms with E-state index in [2.05, 4.69) is 35.1 Å². The first kappa shape index (κ1) is 14.9. The molecule has 3 aromatic rings. The summed E-state index contributed by atoms with van der Waals surface area (Å²) in [7, 11) is 0. The third kappa shape index (κ3) is 2.46. The van der Waals surface area contributed by atoms with Crippen molar-refractivity contribution in [1.29, 1.82) is 0 Å². The molecule has 0 saturated carbocycles. The van der Waals surface area contributed by atoms with Crippen molar-refractivity contribution in [3.63, 3.8) is 0 Å². The van der Waals surface area contributed by atoms with Gasteiger partial charge >= 0.3 is 0 Å². The van der Waals surface area contributed by atoms with E-state index in [-0.39, 0.29) is 10.6 Å². The van der Waals surface area contributed by atoms with Crippen molar-refractivity contribution >= 4 is 28.9 Å². The van der Waals surface area contributed by atoms with Crippen molar-refractivity contribution in [2.75, 3.05) is 36.0 Å². The molecule has 4 rings (SSSR count). The summed E-state index contributed by atoms with van der Waals surface area (Å²) in [6.07, 6.45) is 3.09. The van der Waals surface area contributed by atoms with Gasteiger partial charge in [0.2, 0.25) is 0 Å². The monoisotopic (exact) mass is 346 g/mol. The fourth-order valence-corrected chi connectivity index (χ4v) is 3.12. The molecular formula is C14H15ClN8O. The topological polar surface area (TPSA) is 95.3 Å². The summed E-state index contributed by atoms with van der Waals surface area (Å²) in [4.78, 5) is 24.4. The Morgan fingerprint density at radius 1 is 1.21 bits per heavy atom. The fraction of sp³-hybridized carbons (Fsp3) is 0.357. The van der Waals surface area contributed by atoms with Gasteiger partial charge in [-0.15, -0.1) is 0 Å². The van der Waals surface area contributed by atoms with Crippen LogP contribution in [0.1, 0.15) is 5.69 Å². The first-order valence-corrected chi connectivity index (χ1v) is 7.92. The summed E-state index contributed by atoms with van der Waals surface area (Å²) in [5, 5.41) is 10.6. The Bertz CT molecular complexity index is 943. The lowest BCUT2D eigenvalue weighted by atomic mass is 10.2. The molecule has 0 radical (unpaired) electrons. The molecule has 1 aliphatic heterocycles. The summed E-state index contributed by atoms with van der Waals surface area (Å²) in [6.45, 7) is 4.92. The minimum absolute atomic E-state index is 0.178. The maximum atomic E-state index is 11.6. The SMILES string of the molecule is Cc1cc(N2CCN(c3cn[nH]c(=O)c3Cl)CC2)n2ncnc2n1. The summed E-state index contributed by atoms with van der Waals surface area (Å²) in [5.74, 6) is 1.55. The van der Waals surface area contributed by atoms with E-state index in [1.807, 2.05) is 13.0 Å². The van der Waals surface area contributed by atoms with Crippen LogP contribution < -0.4 is 15.4 Å². The Balaban J connectivity index is 1.59. The van der Waals surface area contributed by atoms with E-state index in [1.165, 1.54) is 6.33 Å². The number of H-pyrrole nitrogens is 1. The van der Waals surface area contributed by atoms with Crippen LogP contribution in [-0.4, -0.2) is 56.0 Å². The molecule has 1 aliphatic rings. The second kappa shape index (κ2) is 5.75. The zero-order chi connectivity index (χ0) is 16.7. The molecule has 0 aliphatic carbocycles. The van der Waals surface area contributed by atoms with Gasteiger partial charge in [-0.1, -0.05) is 11.6 Å². The minimum atomic E-state index is -0.370. The highest BCUT2D eigenvalue weighted by molar-refractivity contribution is 6.33. The highest BCUT2D eigenvalue weighted by atomic mass is 35.5. The number of aryl methyl sites for hydroxylation is 1. The third-order valence-corrected chi connectivity index (χ3v) is 4.45. The molecule has 1 fully saturated rings. The van der Waals surface area contributed by atoms with Crippen LogP contribution in [0.2, 0.25) is 5.02 Å². The highest BCUT2D eigenvalue weighted by Gasteiger charge is 2.22. The Kier molecular flexibility index (Phi) is 3.57. The molecule has 4 heterocycles. The van der Waals surface area contributed by atoms with Crippen molar-refractivity contribution in [1.82, 2.24) is 29.8 Å². The number of aromatic nitrogens is 6. The van der Waals surface area contributed by atoms with Crippen LogP contribution in [0.15, 0.2) is 23.4 Å². The molecule has 9 nitrogen and oxygen atoms in total. The van der Waals surface area contributed by atoms with Crippen molar-refractivity contribution in [2.24, 2.45) is 0 Å². The molecule has 0 unspecified atom stereocenters. The maximum absolute atomic E-state index is 11.6. The molecule has 0 atom stereocenters. The predicted octanol–water partition coefficient (Wildman–Crippen LogP) is 0.496. The molecule has 3 aromatic heterocycles. The van der Waals surface area contributed by atoms with Crippen molar-refractivity contribution in [3.05, 3.63) is 39.7 Å². The highest BCUT2D eigenvalue weighted by Crippen LogP contribution is 2.24. The van der Waals surface area contributed by atoms with E-state index in [4.69, 9.17) is 11.6 Å². The van der Waals surface area contributed by atoms with Gasteiger partial charge in [0.25, 0.3) is 11.3 Å². The van der Waals surface area contributed by atoms with Crippen molar-refractivity contribution in [3.8, 4) is 0 Å². The third-order valence-electron chi connectivity index (χ3n) is 4.08. The van der Waals surface area contributed by atoms with Gasteiger partial charge in [-0.05, 0) is 6.92 Å². The largest absolute Gasteiger partial charge is 0.365 e. The molecular weight excluding hydrogens is 332 g/mol.